The molecule has 126 valence electrons. The first kappa shape index (κ1) is 17.8. The van der Waals surface area contributed by atoms with Gasteiger partial charge in [-0.3, -0.25) is 14.9 Å². The molecule has 2 rings (SSSR count). The average molecular weight is 346 g/mol. The van der Waals surface area contributed by atoms with E-state index in [0.29, 0.717) is 16.3 Å². The van der Waals surface area contributed by atoms with Crippen molar-refractivity contribution in [1.82, 2.24) is 0 Å². The van der Waals surface area contributed by atoms with E-state index in [2.05, 4.69) is 0 Å². The number of rotatable bonds is 5. The molecule has 0 aromatic heterocycles. The van der Waals surface area contributed by atoms with Gasteiger partial charge in [0.25, 0.3) is 11.6 Å². The molecule has 2 aromatic rings. The Morgan fingerprint density at radius 1 is 1.29 bits per heavy atom. The molecule has 0 fully saturated rings. The number of nitrogens with zero attached hydrogens (tertiary/aromatic N) is 2. The number of nitro groups is 1. The van der Waals surface area contributed by atoms with Crippen molar-refractivity contribution in [2.45, 2.75) is 11.8 Å². The van der Waals surface area contributed by atoms with Crippen LogP contribution in [0.5, 0.6) is 5.75 Å². The second kappa shape index (κ2) is 7.35. The van der Waals surface area contributed by atoms with E-state index in [-0.39, 0.29) is 11.3 Å². The number of ether oxygens (including phenoxy) is 1. The number of hydrogen-bond donors (Lipinski definition) is 0. The molecular formula is C17H18N2O4S. The summed E-state index contributed by atoms with van der Waals surface area (Å²) in [6, 6.07) is 10.2. The highest BCUT2D eigenvalue weighted by Crippen LogP contribution is 2.35. The Kier molecular flexibility index (Phi) is 5.46. The van der Waals surface area contributed by atoms with Crippen LogP contribution < -0.4 is 9.64 Å². The normalized spacial score (nSPS) is 10.3. The Morgan fingerprint density at radius 3 is 2.54 bits per heavy atom. The van der Waals surface area contributed by atoms with Crippen LogP contribution in [0.2, 0.25) is 0 Å². The number of methoxy groups -OCH3 is 1. The van der Waals surface area contributed by atoms with E-state index in [1.807, 2.05) is 31.4 Å². The van der Waals surface area contributed by atoms with Gasteiger partial charge in [-0.25, -0.2) is 0 Å². The third-order valence-electron chi connectivity index (χ3n) is 3.62. The highest BCUT2D eigenvalue weighted by atomic mass is 32.2. The van der Waals surface area contributed by atoms with E-state index >= 15 is 0 Å². The maximum Gasteiger partial charge on any atom is 0.285 e. The van der Waals surface area contributed by atoms with Crippen molar-refractivity contribution in [1.29, 1.82) is 0 Å². The van der Waals surface area contributed by atoms with E-state index in [1.54, 1.807) is 13.1 Å². The summed E-state index contributed by atoms with van der Waals surface area (Å²) in [5.41, 5.74) is 1.44. The molecule has 0 N–H and O–H groups in total. The molecule has 0 aliphatic rings. The smallest absolute Gasteiger partial charge is 0.285 e. The van der Waals surface area contributed by atoms with E-state index in [4.69, 9.17) is 4.74 Å². The molecule has 0 radical (unpaired) electrons. The lowest BCUT2D eigenvalue weighted by atomic mass is 10.1. The monoisotopic (exact) mass is 346 g/mol. The number of aryl methyl sites for hydroxylation is 1. The fourth-order valence-electron chi connectivity index (χ4n) is 2.33. The van der Waals surface area contributed by atoms with Crippen LogP contribution in [0.3, 0.4) is 0 Å². The molecule has 0 aliphatic heterocycles. The van der Waals surface area contributed by atoms with Crippen LogP contribution in [0.4, 0.5) is 11.4 Å². The Hall–Kier alpha value is -2.54. The van der Waals surface area contributed by atoms with Gasteiger partial charge in [0.1, 0.15) is 11.3 Å². The van der Waals surface area contributed by atoms with Gasteiger partial charge in [-0.1, -0.05) is 12.1 Å². The lowest BCUT2D eigenvalue weighted by Gasteiger charge is -2.18. The molecule has 1 amide bonds. The maximum atomic E-state index is 12.8. The van der Waals surface area contributed by atoms with Crippen LogP contribution in [0.1, 0.15) is 15.9 Å². The summed E-state index contributed by atoms with van der Waals surface area (Å²) < 4.78 is 5.17. The van der Waals surface area contributed by atoms with Crippen LogP contribution in [0, 0.1) is 17.0 Å². The Bertz CT molecular complexity index is 792. The summed E-state index contributed by atoms with van der Waals surface area (Å²) >= 11 is 1.36. The van der Waals surface area contributed by atoms with Crippen molar-refractivity contribution in [2.24, 2.45) is 0 Å². The van der Waals surface area contributed by atoms with Crippen LogP contribution >= 0.6 is 11.8 Å². The van der Waals surface area contributed by atoms with E-state index in [0.717, 1.165) is 5.56 Å². The minimum atomic E-state index is -0.566. The molecule has 24 heavy (non-hydrogen) atoms. The van der Waals surface area contributed by atoms with Crippen LogP contribution in [0.25, 0.3) is 0 Å². The van der Waals surface area contributed by atoms with Crippen LogP contribution in [-0.4, -0.2) is 31.2 Å². The topological polar surface area (TPSA) is 72.7 Å². The lowest BCUT2D eigenvalue weighted by Crippen LogP contribution is -2.27. The van der Waals surface area contributed by atoms with Gasteiger partial charge >= 0.3 is 0 Å². The number of thioether (sulfide) groups is 1. The van der Waals surface area contributed by atoms with Crippen molar-refractivity contribution in [3.05, 3.63) is 57.6 Å². The van der Waals surface area contributed by atoms with Crippen molar-refractivity contribution in [2.75, 3.05) is 25.3 Å². The van der Waals surface area contributed by atoms with Gasteiger partial charge in [0.05, 0.1) is 23.0 Å². The van der Waals surface area contributed by atoms with Gasteiger partial charge in [-0.2, -0.15) is 0 Å². The summed E-state index contributed by atoms with van der Waals surface area (Å²) in [5.74, 6) is -0.0609. The first-order chi connectivity index (χ1) is 11.4. The molecule has 0 saturated carbocycles. The summed E-state index contributed by atoms with van der Waals surface area (Å²) in [4.78, 5) is 25.7. The third kappa shape index (κ3) is 3.51. The SMILES string of the molecule is COc1cc([N+](=O)[O-])c(C(=O)N(C)c2cccc(C)c2)cc1SC. The fraction of sp³-hybridized carbons (Fsp3) is 0.235. The van der Waals surface area contributed by atoms with E-state index in [1.165, 1.54) is 35.9 Å². The number of nitro benzene ring substituents is 1. The second-order valence-electron chi connectivity index (χ2n) is 5.18. The molecule has 0 heterocycles. The molecule has 7 heteroatoms. The predicted octanol–water partition coefficient (Wildman–Crippen LogP) is 3.91. The van der Waals surface area contributed by atoms with Gasteiger partial charge in [0, 0.05) is 12.7 Å². The van der Waals surface area contributed by atoms with Gasteiger partial charge in [0.2, 0.25) is 0 Å². The number of hydrogen-bond acceptors (Lipinski definition) is 5. The molecule has 0 aliphatic carbocycles. The Labute approximate surface area is 144 Å². The summed E-state index contributed by atoms with van der Waals surface area (Å²) in [6.45, 7) is 1.92. The highest BCUT2D eigenvalue weighted by Gasteiger charge is 2.26. The number of benzene rings is 2. The van der Waals surface area contributed by atoms with Crippen LogP contribution in [-0.2, 0) is 0 Å². The second-order valence-corrected chi connectivity index (χ2v) is 6.03. The predicted molar refractivity (Wildman–Crippen MR) is 95.3 cm³/mol. The standard InChI is InChI=1S/C17H18N2O4S/c1-11-6-5-7-12(8-11)18(2)17(20)13-9-16(24-4)15(23-3)10-14(13)19(21)22/h5-10H,1-4H3. The summed E-state index contributed by atoms with van der Waals surface area (Å²) in [7, 11) is 3.04. The lowest BCUT2D eigenvalue weighted by molar-refractivity contribution is -0.385. The molecule has 0 atom stereocenters. The van der Waals surface area contributed by atoms with Crippen molar-refractivity contribution in [3.63, 3.8) is 0 Å². The number of carbonyl (C=O) groups is 1. The van der Waals surface area contributed by atoms with Gasteiger partial charge in [0.15, 0.2) is 0 Å². The van der Waals surface area contributed by atoms with Gasteiger partial charge in [-0.15, -0.1) is 11.8 Å². The largest absolute Gasteiger partial charge is 0.495 e. The number of carbonyl (C=O) groups excluding carboxylic acids is 1. The zero-order valence-corrected chi connectivity index (χ0v) is 14.7. The minimum Gasteiger partial charge on any atom is -0.495 e. The molecule has 0 spiro atoms. The Morgan fingerprint density at radius 2 is 2.00 bits per heavy atom. The van der Waals surface area contributed by atoms with Crippen LogP contribution in [0.15, 0.2) is 41.3 Å². The summed E-state index contributed by atoms with van der Waals surface area (Å²) in [5, 5.41) is 11.4. The minimum absolute atomic E-state index is 0.0363. The molecule has 0 saturated heterocycles. The Balaban J connectivity index is 2.53. The molecular weight excluding hydrogens is 328 g/mol. The van der Waals surface area contributed by atoms with Gasteiger partial charge < -0.3 is 9.64 Å². The van der Waals surface area contributed by atoms with Crippen molar-refractivity contribution < 1.29 is 14.5 Å². The average Bonchev–Trinajstić information content (AvgIpc) is 2.59. The van der Waals surface area contributed by atoms with E-state index < -0.39 is 10.8 Å². The summed E-state index contributed by atoms with van der Waals surface area (Å²) in [6.07, 6.45) is 1.82. The van der Waals surface area contributed by atoms with Crippen molar-refractivity contribution >= 4 is 29.0 Å². The molecule has 0 unspecified atom stereocenters. The van der Waals surface area contributed by atoms with Gasteiger partial charge in [-0.05, 0) is 36.9 Å². The van der Waals surface area contributed by atoms with E-state index in [9.17, 15) is 14.9 Å². The first-order valence-electron chi connectivity index (χ1n) is 7.14. The number of anilines is 1. The zero-order valence-electron chi connectivity index (χ0n) is 13.9. The zero-order chi connectivity index (χ0) is 17.9. The molecule has 0 bridgehead atoms. The fourth-order valence-corrected chi connectivity index (χ4v) is 2.90. The quantitative estimate of drug-likeness (QED) is 0.466. The van der Waals surface area contributed by atoms with Crippen molar-refractivity contribution in [3.8, 4) is 5.75 Å². The molecule has 6 nitrogen and oxygen atoms in total. The highest BCUT2D eigenvalue weighted by molar-refractivity contribution is 7.98. The molecule has 2 aromatic carbocycles. The maximum absolute atomic E-state index is 12.8. The third-order valence-corrected chi connectivity index (χ3v) is 4.38. The number of amides is 1. The first-order valence-corrected chi connectivity index (χ1v) is 8.36.